The van der Waals surface area contributed by atoms with E-state index in [0.717, 1.165) is 24.2 Å². The number of carboxylic acids is 1. The van der Waals surface area contributed by atoms with Crippen LogP contribution in [0.5, 0.6) is 0 Å². The lowest BCUT2D eigenvalue weighted by molar-refractivity contribution is -0.137. The van der Waals surface area contributed by atoms with E-state index >= 15 is 0 Å². The smallest absolute Gasteiger partial charge is 0.303 e. The van der Waals surface area contributed by atoms with Crippen LogP contribution < -0.4 is 0 Å². The minimum Gasteiger partial charge on any atom is -0.481 e. The van der Waals surface area contributed by atoms with Gasteiger partial charge in [0.1, 0.15) is 0 Å². The predicted molar refractivity (Wildman–Crippen MR) is 69.9 cm³/mol. The summed E-state index contributed by atoms with van der Waals surface area (Å²) in [7, 11) is 0. The number of benzene rings is 1. The summed E-state index contributed by atoms with van der Waals surface area (Å²) in [6, 6.07) is 6.35. The molecule has 0 bridgehead atoms. The Morgan fingerprint density at radius 2 is 2.16 bits per heavy atom. The van der Waals surface area contributed by atoms with Crippen molar-refractivity contribution in [3.63, 3.8) is 0 Å². The van der Waals surface area contributed by atoms with Gasteiger partial charge in [0.2, 0.25) is 0 Å². The lowest BCUT2D eigenvalue weighted by Gasteiger charge is -2.01. The van der Waals surface area contributed by atoms with E-state index in [1.54, 1.807) is 6.20 Å². The largest absolute Gasteiger partial charge is 0.481 e. The second-order valence-corrected chi connectivity index (χ2v) is 4.85. The van der Waals surface area contributed by atoms with E-state index in [1.807, 2.05) is 6.07 Å². The highest BCUT2D eigenvalue weighted by Gasteiger charge is 2.13. The van der Waals surface area contributed by atoms with E-state index in [0.29, 0.717) is 12.3 Å². The Morgan fingerprint density at radius 1 is 1.32 bits per heavy atom. The number of hydrogen-bond donors (Lipinski definition) is 1. The van der Waals surface area contributed by atoms with Crippen LogP contribution in [0, 0.1) is 0 Å². The molecule has 2 aromatic rings. The van der Waals surface area contributed by atoms with Gasteiger partial charge in [0.25, 0.3) is 0 Å². The molecule has 1 heterocycles. The Balaban J connectivity index is 1.80. The SMILES string of the molecule is O=C(O)CCc1ncc(-c2ccc3c(c2)CCC3)o1. The lowest BCUT2D eigenvalue weighted by atomic mass is 10.1. The Bertz CT molecular complexity index is 616. The summed E-state index contributed by atoms with van der Waals surface area (Å²) in [5, 5.41) is 8.63. The van der Waals surface area contributed by atoms with Crippen molar-refractivity contribution in [2.75, 3.05) is 0 Å². The van der Waals surface area contributed by atoms with Crippen molar-refractivity contribution < 1.29 is 14.3 Å². The number of carboxylic acid groups (broad SMARTS) is 1. The van der Waals surface area contributed by atoms with Gasteiger partial charge in [0.05, 0.1) is 12.6 Å². The van der Waals surface area contributed by atoms with E-state index in [-0.39, 0.29) is 6.42 Å². The van der Waals surface area contributed by atoms with Crippen molar-refractivity contribution in [1.29, 1.82) is 0 Å². The van der Waals surface area contributed by atoms with Crippen LogP contribution in [0.1, 0.15) is 29.9 Å². The van der Waals surface area contributed by atoms with Gasteiger partial charge in [-0.25, -0.2) is 4.98 Å². The minimum atomic E-state index is -0.836. The highest BCUT2D eigenvalue weighted by atomic mass is 16.4. The topological polar surface area (TPSA) is 63.3 Å². The fraction of sp³-hybridized carbons (Fsp3) is 0.333. The Hall–Kier alpha value is -2.10. The summed E-state index contributed by atoms with van der Waals surface area (Å²) in [4.78, 5) is 14.6. The number of oxazole rings is 1. The van der Waals surface area contributed by atoms with E-state index < -0.39 is 5.97 Å². The molecule has 0 saturated carbocycles. The van der Waals surface area contributed by atoms with Gasteiger partial charge in [-0.3, -0.25) is 4.79 Å². The molecule has 4 heteroatoms. The van der Waals surface area contributed by atoms with E-state index in [2.05, 4.69) is 17.1 Å². The molecule has 3 rings (SSSR count). The van der Waals surface area contributed by atoms with Crippen molar-refractivity contribution in [1.82, 2.24) is 4.98 Å². The Morgan fingerprint density at radius 3 is 3.00 bits per heavy atom. The Kier molecular flexibility index (Phi) is 3.07. The summed E-state index contributed by atoms with van der Waals surface area (Å²) < 4.78 is 5.61. The normalized spacial score (nSPS) is 13.5. The van der Waals surface area contributed by atoms with Gasteiger partial charge in [-0.05, 0) is 36.5 Å². The monoisotopic (exact) mass is 257 g/mol. The highest BCUT2D eigenvalue weighted by Crippen LogP contribution is 2.28. The minimum absolute atomic E-state index is 0.0458. The van der Waals surface area contributed by atoms with Gasteiger partial charge in [-0.15, -0.1) is 0 Å². The zero-order chi connectivity index (χ0) is 13.2. The summed E-state index contributed by atoms with van der Waals surface area (Å²) in [5.41, 5.74) is 3.84. The highest BCUT2D eigenvalue weighted by molar-refractivity contribution is 5.67. The standard InChI is InChI=1S/C15H15NO3/c17-15(18)7-6-14-16-9-13(19-14)12-5-4-10-2-1-3-11(10)8-12/h4-5,8-9H,1-3,6-7H2,(H,17,18). The number of aryl methyl sites for hydroxylation is 3. The second-order valence-electron chi connectivity index (χ2n) is 4.85. The molecule has 0 saturated heterocycles. The van der Waals surface area contributed by atoms with Crippen molar-refractivity contribution in [3.8, 4) is 11.3 Å². The molecule has 0 atom stereocenters. The molecule has 1 N–H and O–H groups in total. The van der Waals surface area contributed by atoms with Crippen LogP contribution in [0.3, 0.4) is 0 Å². The van der Waals surface area contributed by atoms with E-state index in [4.69, 9.17) is 9.52 Å². The molecule has 98 valence electrons. The molecule has 19 heavy (non-hydrogen) atoms. The first kappa shape index (κ1) is 12.0. The maximum Gasteiger partial charge on any atom is 0.303 e. The van der Waals surface area contributed by atoms with Crippen LogP contribution in [0.25, 0.3) is 11.3 Å². The van der Waals surface area contributed by atoms with Crippen molar-refractivity contribution >= 4 is 5.97 Å². The Labute approximate surface area is 111 Å². The molecule has 0 amide bonds. The quantitative estimate of drug-likeness (QED) is 0.914. The summed E-state index contributed by atoms with van der Waals surface area (Å²) in [6.07, 6.45) is 5.57. The molecule has 0 unspecified atom stereocenters. The van der Waals surface area contributed by atoms with Crippen LogP contribution >= 0.6 is 0 Å². The average molecular weight is 257 g/mol. The van der Waals surface area contributed by atoms with Gasteiger partial charge in [0.15, 0.2) is 11.7 Å². The van der Waals surface area contributed by atoms with Gasteiger partial charge in [-0.2, -0.15) is 0 Å². The third-order valence-electron chi connectivity index (χ3n) is 3.49. The molecule has 0 fully saturated rings. The summed E-state index contributed by atoms with van der Waals surface area (Å²) in [5.74, 6) is 0.366. The first-order valence-electron chi connectivity index (χ1n) is 6.51. The molecule has 1 aliphatic carbocycles. The number of aliphatic carboxylic acids is 1. The van der Waals surface area contributed by atoms with Crippen LogP contribution in [0.2, 0.25) is 0 Å². The zero-order valence-electron chi connectivity index (χ0n) is 10.6. The average Bonchev–Trinajstić information content (AvgIpc) is 3.04. The maximum absolute atomic E-state index is 10.5. The molecule has 0 spiro atoms. The number of nitrogens with zero attached hydrogens (tertiary/aromatic N) is 1. The first-order valence-corrected chi connectivity index (χ1v) is 6.51. The predicted octanol–water partition coefficient (Wildman–Crippen LogP) is 2.85. The van der Waals surface area contributed by atoms with Crippen LogP contribution in [0.4, 0.5) is 0 Å². The second kappa shape index (κ2) is 4.88. The number of aromatic nitrogens is 1. The van der Waals surface area contributed by atoms with Gasteiger partial charge in [0, 0.05) is 12.0 Å². The third kappa shape index (κ3) is 2.52. The fourth-order valence-corrected chi connectivity index (χ4v) is 2.50. The third-order valence-corrected chi connectivity index (χ3v) is 3.49. The molecule has 0 radical (unpaired) electrons. The number of rotatable bonds is 4. The van der Waals surface area contributed by atoms with Crippen molar-refractivity contribution in [2.24, 2.45) is 0 Å². The molecule has 4 nitrogen and oxygen atoms in total. The van der Waals surface area contributed by atoms with Crippen molar-refractivity contribution in [3.05, 3.63) is 41.4 Å². The van der Waals surface area contributed by atoms with Crippen LogP contribution in [-0.4, -0.2) is 16.1 Å². The molecular weight excluding hydrogens is 242 g/mol. The zero-order valence-corrected chi connectivity index (χ0v) is 10.6. The molecule has 1 aromatic heterocycles. The van der Waals surface area contributed by atoms with E-state index in [9.17, 15) is 4.79 Å². The maximum atomic E-state index is 10.5. The number of fused-ring (bicyclic) bond motifs is 1. The fourth-order valence-electron chi connectivity index (χ4n) is 2.50. The lowest BCUT2D eigenvalue weighted by Crippen LogP contribution is -1.97. The first-order chi connectivity index (χ1) is 9.22. The molecule has 1 aliphatic rings. The number of hydrogen-bond acceptors (Lipinski definition) is 3. The summed E-state index contributed by atoms with van der Waals surface area (Å²) in [6.45, 7) is 0. The van der Waals surface area contributed by atoms with Crippen LogP contribution in [-0.2, 0) is 24.1 Å². The van der Waals surface area contributed by atoms with Crippen molar-refractivity contribution in [2.45, 2.75) is 32.1 Å². The molecular formula is C15H15NO3. The van der Waals surface area contributed by atoms with Gasteiger partial charge < -0.3 is 9.52 Å². The summed E-state index contributed by atoms with van der Waals surface area (Å²) >= 11 is 0. The van der Waals surface area contributed by atoms with E-state index in [1.165, 1.54) is 17.5 Å². The molecule has 0 aliphatic heterocycles. The van der Waals surface area contributed by atoms with Crippen LogP contribution in [0.15, 0.2) is 28.8 Å². The van der Waals surface area contributed by atoms with Gasteiger partial charge >= 0.3 is 5.97 Å². The molecule has 1 aromatic carbocycles. The number of carbonyl (C=O) groups is 1. The van der Waals surface area contributed by atoms with Gasteiger partial charge in [-0.1, -0.05) is 12.1 Å².